The van der Waals surface area contributed by atoms with Gasteiger partial charge in [0.15, 0.2) is 11.5 Å². The molecule has 0 bridgehead atoms. The van der Waals surface area contributed by atoms with Crippen LogP contribution in [-0.4, -0.2) is 29.2 Å². The van der Waals surface area contributed by atoms with Crippen LogP contribution in [0.4, 0.5) is 0 Å². The first-order chi connectivity index (χ1) is 9.68. The van der Waals surface area contributed by atoms with Gasteiger partial charge in [-0.2, -0.15) is 5.10 Å². The number of Topliss-reactive ketones (excluding diaryl/α,β-unsaturated/α-hetero) is 1. The predicted molar refractivity (Wildman–Crippen MR) is 78.0 cm³/mol. The molecule has 20 heavy (non-hydrogen) atoms. The average Bonchev–Trinajstić information content (AvgIpc) is 2.74. The Morgan fingerprint density at radius 2 is 2.05 bits per heavy atom. The molecule has 0 unspecified atom stereocenters. The van der Waals surface area contributed by atoms with Crippen molar-refractivity contribution < 1.29 is 9.53 Å². The fraction of sp³-hybridized carbons (Fsp3) is 0.733. The molecule has 0 aromatic carbocycles. The summed E-state index contributed by atoms with van der Waals surface area (Å²) in [6, 6.07) is 0. The van der Waals surface area contributed by atoms with Gasteiger partial charge in [-0.3, -0.25) is 9.48 Å². The van der Waals surface area contributed by atoms with E-state index in [-0.39, 0.29) is 5.78 Å². The second kappa shape index (κ2) is 6.39. The Morgan fingerprint density at radius 1 is 1.40 bits per heavy atom. The summed E-state index contributed by atoms with van der Waals surface area (Å²) in [5.74, 6) is 0.673. The Hall–Kier alpha value is -1.36. The molecule has 1 heterocycles. The zero-order chi connectivity index (χ0) is 14.6. The van der Waals surface area contributed by atoms with E-state index in [1.807, 2.05) is 6.92 Å². The predicted octanol–water partition coefficient (Wildman–Crippen LogP) is 2.39. The van der Waals surface area contributed by atoms with Crippen LogP contribution in [0.2, 0.25) is 0 Å². The number of methoxy groups -OCH3 is 1. The number of carbonyl (C=O) groups is 1. The second-order valence-corrected chi connectivity index (χ2v) is 5.61. The first-order valence-electron chi connectivity index (χ1n) is 7.53. The first-order valence-corrected chi connectivity index (χ1v) is 7.53. The summed E-state index contributed by atoms with van der Waals surface area (Å²) in [6.07, 6.45) is 7.91. The third kappa shape index (κ3) is 2.59. The van der Waals surface area contributed by atoms with Gasteiger partial charge in [-0.1, -0.05) is 25.7 Å². The summed E-state index contributed by atoms with van der Waals surface area (Å²) in [4.78, 5) is 13.1. The number of ether oxygens (including phenoxy) is 1. The van der Waals surface area contributed by atoms with Crippen molar-refractivity contribution in [2.45, 2.75) is 52.0 Å². The summed E-state index contributed by atoms with van der Waals surface area (Å²) in [6.45, 7) is 3.04. The molecule has 112 valence electrons. The van der Waals surface area contributed by atoms with Crippen molar-refractivity contribution in [3.05, 3.63) is 11.9 Å². The van der Waals surface area contributed by atoms with Gasteiger partial charge in [-0.25, -0.2) is 0 Å². The lowest BCUT2D eigenvalue weighted by molar-refractivity contribution is 0.0758. The zero-order valence-electron chi connectivity index (χ0n) is 12.5. The molecule has 1 aromatic heterocycles. The van der Waals surface area contributed by atoms with Gasteiger partial charge in [-0.15, -0.1) is 0 Å². The number of nitrogens with two attached hydrogens (primary N) is 1. The fourth-order valence-corrected chi connectivity index (χ4v) is 3.17. The summed E-state index contributed by atoms with van der Waals surface area (Å²) in [5, 5.41) is 4.24. The molecule has 2 rings (SSSR count). The molecule has 1 aromatic rings. The van der Waals surface area contributed by atoms with Crippen LogP contribution >= 0.6 is 0 Å². The summed E-state index contributed by atoms with van der Waals surface area (Å²) in [5.41, 5.74) is 6.16. The minimum absolute atomic E-state index is 0.109. The van der Waals surface area contributed by atoms with Gasteiger partial charge in [0.05, 0.1) is 13.3 Å². The van der Waals surface area contributed by atoms with Crippen LogP contribution in [0.1, 0.15) is 55.9 Å². The van der Waals surface area contributed by atoms with E-state index in [2.05, 4.69) is 5.10 Å². The largest absolute Gasteiger partial charge is 0.493 e. The van der Waals surface area contributed by atoms with Crippen LogP contribution in [0.15, 0.2) is 6.20 Å². The Balaban J connectivity index is 2.39. The molecular weight excluding hydrogens is 254 g/mol. The average molecular weight is 279 g/mol. The molecule has 2 N–H and O–H groups in total. The maximum Gasteiger partial charge on any atom is 0.192 e. The number of hydrogen-bond donors (Lipinski definition) is 1. The zero-order valence-corrected chi connectivity index (χ0v) is 12.5. The van der Waals surface area contributed by atoms with E-state index in [1.165, 1.54) is 12.8 Å². The van der Waals surface area contributed by atoms with E-state index in [1.54, 1.807) is 18.0 Å². The molecule has 1 saturated carbocycles. The van der Waals surface area contributed by atoms with E-state index in [0.717, 1.165) is 25.7 Å². The molecular formula is C15H25N3O2. The van der Waals surface area contributed by atoms with E-state index in [4.69, 9.17) is 10.5 Å². The van der Waals surface area contributed by atoms with Crippen molar-refractivity contribution in [2.24, 2.45) is 11.1 Å². The van der Waals surface area contributed by atoms with Gasteiger partial charge in [0.2, 0.25) is 0 Å². The number of hydrogen-bond acceptors (Lipinski definition) is 4. The number of carbonyl (C=O) groups excluding carboxylic acids is 1. The highest BCUT2D eigenvalue weighted by Crippen LogP contribution is 2.39. The molecule has 0 spiro atoms. The number of ketones is 1. The minimum atomic E-state index is -0.434. The molecule has 1 aliphatic carbocycles. The second-order valence-electron chi connectivity index (χ2n) is 5.61. The number of aryl methyl sites for hydroxylation is 1. The van der Waals surface area contributed by atoms with Crippen molar-refractivity contribution in [3.8, 4) is 5.75 Å². The highest BCUT2D eigenvalue weighted by Gasteiger charge is 2.40. The number of nitrogens with zero attached hydrogens (tertiary/aromatic N) is 2. The lowest BCUT2D eigenvalue weighted by atomic mass is 9.75. The molecule has 0 radical (unpaired) electrons. The summed E-state index contributed by atoms with van der Waals surface area (Å²) in [7, 11) is 1.58. The van der Waals surface area contributed by atoms with Crippen molar-refractivity contribution in [3.63, 3.8) is 0 Å². The monoisotopic (exact) mass is 279 g/mol. The van der Waals surface area contributed by atoms with Gasteiger partial charge in [0, 0.05) is 18.5 Å². The minimum Gasteiger partial charge on any atom is -0.493 e. The Kier molecular flexibility index (Phi) is 4.81. The van der Waals surface area contributed by atoms with E-state index >= 15 is 0 Å². The van der Waals surface area contributed by atoms with Gasteiger partial charge in [-0.05, 0) is 19.8 Å². The standard InChI is InChI=1S/C15H25N3O2/c1-3-18-13(12(20-2)10-17-18)14(19)15(11-16)8-6-4-5-7-9-15/h10H,3-9,11,16H2,1-2H3. The van der Waals surface area contributed by atoms with Gasteiger partial charge < -0.3 is 10.5 Å². The molecule has 0 amide bonds. The molecule has 1 fully saturated rings. The maximum atomic E-state index is 13.1. The van der Waals surface area contributed by atoms with Crippen LogP contribution in [0, 0.1) is 5.41 Å². The highest BCUT2D eigenvalue weighted by molar-refractivity contribution is 6.01. The lowest BCUT2D eigenvalue weighted by Gasteiger charge is -2.30. The number of rotatable bonds is 5. The number of aromatic nitrogens is 2. The van der Waals surface area contributed by atoms with Crippen LogP contribution < -0.4 is 10.5 Å². The van der Waals surface area contributed by atoms with E-state index in [9.17, 15) is 4.79 Å². The highest BCUT2D eigenvalue weighted by atomic mass is 16.5. The smallest absolute Gasteiger partial charge is 0.192 e. The summed E-state index contributed by atoms with van der Waals surface area (Å²) < 4.78 is 7.04. The van der Waals surface area contributed by atoms with Gasteiger partial charge in [0.25, 0.3) is 0 Å². The van der Waals surface area contributed by atoms with Crippen LogP contribution in [0.5, 0.6) is 5.75 Å². The van der Waals surface area contributed by atoms with Gasteiger partial charge >= 0.3 is 0 Å². The maximum absolute atomic E-state index is 13.1. The quantitative estimate of drug-likeness (QED) is 0.663. The van der Waals surface area contributed by atoms with E-state index in [0.29, 0.717) is 24.5 Å². The molecule has 5 nitrogen and oxygen atoms in total. The van der Waals surface area contributed by atoms with Crippen LogP contribution in [0.3, 0.4) is 0 Å². The molecule has 0 atom stereocenters. The van der Waals surface area contributed by atoms with Crippen LogP contribution in [-0.2, 0) is 6.54 Å². The normalized spacial score (nSPS) is 18.6. The van der Waals surface area contributed by atoms with Crippen molar-refractivity contribution in [1.29, 1.82) is 0 Å². The SMILES string of the molecule is CCn1ncc(OC)c1C(=O)C1(CN)CCCCCC1. The molecule has 0 saturated heterocycles. The lowest BCUT2D eigenvalue weighted by Crippen LogP contribution is -2.39. The van der Waals surface area contributed by atoms with E-state index < -0.39 is 5.41 Å². The first kappa shape index (κ1) is 15.0. The Labute approximate surface area is 120 Å². The third-order valence-corrected chi connectivity index (χ3v) is 4.47. The summed E-state index contributed by atoms with van der Waals surface area (Å²) >= 11 is 0. The topological polar surface area (TPSA) is 70.1 Å². The third-order valence-electron chi connectivity index (χ3n) is 4.47. The molecule has 5 heteroatoms. The van der Waals surface area contributed by atoms with Crippen LogP contribution in [0.25, 0.3) is 0 Å². The van der Waals surface area contributed by atoms with Crippen molar-refractivity contribution >= 4 is 5.78 Å². The Morgan fingerprint density at radius 3 is 2.55 bits per heavy atom. The van der Waals surface area contributed by atoms with Crippen molar-refractivity contribution in [1.82, 2.24) is 9.78 Å². The molecule has 1 aliphatic rings. The van der Waals surface area contributed by atoms with Gasteiger partial charge in [0.1, 0.15) is 5.69 Å². The van der Waals surface area contributed by atoms with Crippen molar-refractivity contribution in [2.75, 3.05) is 13.7 Å². The Bertz CT molecular complexity index is 438. The fourth-order valence-electron chi connectivity index (χ4n) is 3.17. The molecule has 0 aliphatic heterocycles.